The summed E-state index contributed by atoms with van der Waals surface area (Å²) < 4.78 is 0.725. The highest BCUT2D eigenvalue weighted by Gasteiger charge is 2.21. The molecule has 4 nitrogen and oxygen atoms in total. The van der Waals surface area contributed by atoms with Crippen LogP contribution in [0, 0.1) is 0 Å². The number of carbonyl (C=O) groups is 1. The predicted octanol–water partition coefficient (Wildman–Crippen LogP) is 2.75. The molecule has 1 N–H and O–H groups in total. The number of halogens is 1. The van der Waals surface area contributed by atoms with Crippen LogP contribution in [0.3, 0.4) is 0 Å². The molecule has 1 amide bonds. The van der Waals surface area contributed by atoms with Crippen molar-refractivity contribution in [1.82, 2.24) is 9.97 Å². The average Bonchev–Trinajstić information content (AvgIpc) is 2.80. The summed E-state index contributed by atoms with van der Waals surface area (Å²) in [7, 11) is 1.83. The van der Waals surface area contributed by atoms with Gasteiger partial charge in [-0.15, -0.1) is 0 Å². The normalized spacial score (nSPS) is 14.8. The molecule has 3 rings (SSSR count). The molecule has 0 radical (unpaired) electrons. The van der Waals surface area contributed by atoms with E-state index in [2.05, 4.69) is 32.0 Å². The molecule has 1 aliphatic heterocycles. The van der Waals surface area contributed by atoms with E-state index in [1.807, 2.05) is 19.2 Å². The molecular formula is C13H12BrN3O. The van der Waals surface area contributed by atoms with Crippen molar-refractivity contribution >= 4 is 27.5 Å². The molecule has 0 aliphatic carbocycles. The first-order chi connectivity index (χ1) is 8.65. The molecule has 1 aliphatic rings. The lowest BCUT2D eigenvalue weighted by Gasteiger charge is -2.26. The SMILES string of the molecule is CN1C(=O)CCc2cc(-c3cnc(Br)[nH]3)ccc21. The van der Waals surface area contributed by atoms with Gasteiger partial charge in [-0.2, -0.15) is 0 Å². The van der Waals surface area contributed by atoms with E-state index in [0.717, 1.165) is 28.1 Å². The lowest BCUT2D eigenvalue weighted by atomic mass is 9.98. The Hall–Kier alpha value is -1.62. The highest BCUT2D eigenvalue weighted by atomic mass is 79.9. The molecule has 1 aromatic carbocycles. The third-order valence-corrected chi connectivity index (χ3v) is 3.68. The number of nitrogens with one attached hydrogen (secondary N) is 1. The second-order valence-electron chi connectivity index (χ2n) is 4.38. The summed E-state index contributed by atoms with van der Waals surface area (Å²) in [6, 6.07) is 6.13. The van der Waals surface area contributed by atoms with Gasteiger partial charge in [0.25, 0.3) is 0 Å². The van der Waals surface area contributed by atoms with Gasteiger partial charge >= 0.3 is 0 Å². The fourth-order valence-corrected chi connectivity index (χ4v) is 2.58. The number of nitrogens with zero attached hydrogens (tertiary/aromatic N) is 2. The number of aromatic amines is 1. The Morgan fingerprint density at radius 1 is 1.39 bits per heavy atom. The maximum absolute atomic E-state index is 11.6. The van der Waals surface area contributed by atoms with Gasteiger partial charge < -0.3 is 9.88 Å². The Balaban J connectivity index is 2.04. The molecule has 0 bridgehead atoms. The zero-order chi connectivity index (χ0) is 12.7. The van der Waals surface area contributed by atoms with Crippen molar-refractivity contribution in [3.8, 4) is 11.3 Å². The number of rotatable bonds is 1. The molecule has 0 fully saturated rings. The minimum Gasteiger partial charge on any atom is -0.333 e. The van der Waals surface area contributed by atoms with Crippen LogP contribution in [-0.4, -0.2) is 22.9 Å². The maximum atomic E-state index is 11.6. The first-order valence-corrected chi connectivity index (χ1v) is 6.55. The van der Waals surface area contributed by atoms with E-state index in [-0.39, 0.29) is 5.91 Å². The second-order valence-corrected chi connectivity index (χ2v) is 5.14. The standard InChI is InChI=1S/C13H12BrN3O/c1-17-11-4-2-8(10-7-15-13(14)16-10)6-9(11)3-5-12(17)18/h2,4,6-7H,3,5H2,1H3,(H,15,16). The van der Waals surface area contributed by atoms with Gasteiger partial charge in [0.2, 0.25) is 5.91 Å². The van der Waals surface area contributed by atoms with Crippen molar-refractivity contribution in [3.05, 3.63) is 34.7 Å². The third kappa shape index (κ3) is 1.84. The summed E-state index contributed by atoms with van der Waals surface area (Å²) in [6.07, 6.45) is 3.19. The van der Waals surface area contributed by atoms with Crippen LogP contribution in [0.25, 0.3) is 11.3 Å². The van der Waals surface area contributed by atoms with Crippen molar-refractivity contribution < 1.29 is 4.79 Å². The van der Waals surface area contributed by atoms with E-state index >= 15 is 0 Å². The molecule has 18 heavy (non-hydrogen) atoms. The topological polar surface area (TPSA) is 49.0 Å². The van der Waals surface area contributed by atoms with Gasteiger partial charge in [-0.3, -0.25) is 4.79 Å². The number of carbonyl (C=O) groups excluding carboxylic acids is 1. The molecule has 1 aromatic heterocycles. The monoisotopic (exact) mass is 305 g/mol. The number of hydrogen-bond donors (Lipinski definition) is 1. The summed E-state index contributed by atoms with van der Waals surface area (Å²) in [5, 5.41) is 0. The lowest BCUT2D eigenvalue weighted by molar-refractivity contribution is -0.118. The van der Waals surface area contributed by atoms with E-state index < -0.39 is 0 Å². The van der Waals surface area contributed by atoms with Crippen LogP contribution < -0.4 is 4.90 Å². The van der Waals surface area contributed by atoms with Crippen molar-refractivity contribution in [2.45, 2.75) is 12.8 Å². The summed E-state index contributed by atoms with van der Waals surface area (Å²) >= 11 is 3.30. The first-order valence-electron chi connectivity index (χ1n) is 5.75. The predicted molar refractivity (Wildman–Crippen MR) is 73.5 cm³/mol. The van der Waals surface area contributed by atoms with Crippen LogP contribution in [-0.2, 0) is 11.2 Å². The van der Waals surface area contributed by atoms with E-state index in [9.17, 15) is 4.79 Å². The summed E-state index contributed by atoms with van der Waals surface area (Å²) in [5.74, 6) is 0.180. The number of amides is 1. The van der Waals surface area contributed by atoms with E-state index in [4.69, 9.17) is 0 Å². The fourth-order valence-electron chi connectivity index (χ4n) is 2.27. The summed E-state index contributed by atoms with van der Waals surface area (Å²) in [6.45, 7) is 0. The minimum absolute atomic E-state index is 0.180. The van der Waals surface area contributed by atoms with Crippen molar-refractivity contribution in [3.63, 3.8) is 0 Å². The number of hydrogen-bond acceptors (Lipinski definition) is 2. The van der Waals surface area contributed by atoms with Gasteiger partial charge in [-0.05, 0) is 45.6 Å². The summed E-state index contributed by atoms with van der Waals surface area (Å²) in [5.41, 5.74) is 4.29. The van der Waals surface area contributed by atoms with Crippen molar-refractivity contribution in [2.24, 2.45) is 0 Å². The Kier molecular flexibility index (Phi) is 2.70. The lowest BCUT2D eigenvalue weighted by Crippen LogP contribution is -2.30. The highest BCUT2D eigenvalue weighted by molar-refractivity contribution is 9.10. The van der Waals surface area contributed by atoms with E-state index in [1.54, 1.807) is 11.1 Å². The van der Waals surface area contributed by atoms with Crippen LogP contribution in [0.5, 0.6) is 0 Å². The molecule has 92 valence electrons. The zero-order valence-corrected chi connectivity index (χ0v) is 11.5. The Morgan fingerprint density at radius 2 is 2.22 bits per heavy atom. The molecule has 2 aromatic rings. The molecule has 0 saturated heterocycles. The molecule has 2 heterocycles. The molecule has 0 unspecified atom stereocenters. The van der Waals surface area contributed by atoms with Crippen LogP contribution >= 0.6 is 15.9 Å². The zero-order valence-electron chi connectivity index (χ0n) is 9.90. The molecule has 5 heteroatoms. The van der Waals surface area contributed by atoms with Crippen LogP contribution in [0.2, 0.25) is 0 Å². The van der Waals surface area contributed by atoms with Gasteiger partial charge in [0, 0.05) is 19.2 Å². The summed E-state index contributed by atoms with van der Waals surface area (Å²) in [4.78, 5) is 20.6. The second kappa shape index (κ2) is 4.24. The number of aryl methyl sites for hydroxylation is 1. The van der Waals surface area contributed by atoms with Crippen molar-refractivity contribution in [1.29, 1.82) is 0 Å². The van der Waals surface area contributed by atoms with Crippen LogP contribution in [0.15, 0.2) is 29.1 Å². The smallest absolute Gasteiger partial charge is 0.227 e. The molecule has 0 saturated carbocycles. The highest BCUT2D eigenvalue weighted by Crippen LogP contribution is 2.30. The van der Waals surface area contributed by atoms with Crippen LogP contribution in [0.4, 0.5) is 5.69 Å². The van der Waals surface area contributed by atoms with Gasteiger partial charge in [-0.25, -0.2) is 4.98 Å². The Morgan fingerprint density at radius 3 is 2.94 bits per heavy atom. The fraction of sp³-hybridized carbons (Fsp3) is 0.231. The van der Waals surface area contributed by atoms with Gasteiger partial charge in [0.15, 0.2) is 4.73 Å². The van der Waals surface area contributed by atoms with Crippen LogP contribution in [0.1, 0.15) is 12.0 Å². The number of benzene rings is 1. The largest absolute Gasteiger partial charge is 0.333 e. The molecule has 0 spiro atoms. The number of fused-ring (bicyclic) bond motifs is 1. The number of aromatic nitrogens is 2. The number of anilines is 1. The van der Waals surface area contributed by atoms with Gasteiger partial charge in [0.05, 0.1) is 11.9 Å². The van der Waals surface area contributed by atoms with Gasteiger partial charge in [0.1, 0.15) is 0 Å². The molecule has 0 atom stereocenters. The quantitative estimate of drug-likeness (QED) is 0.880. The maximum Gasteiger partial charge on any atom is 0.227 e. The van der Waals surface area contributed by atoms with E-state index in [0.29, 0.717) is 6.42 Å². The first kappa shape index (κ1) is 11.5. The third-order valence-electron chi connectivity index (χ3n) is 3.28. The Labute approximate surface area is 113 Å². The number of imidazole rings is 1. The van der Waals surface area contributed by atoms with E-state index in [1.165, 1.54) is 5.56 Å². The Bertz CT molecular complexity index is 620. The molecular weight excluding hydrogens is 294 g/mol. The average molecular weight is 306 g/mol. The van der Waals surface area contributed by atoms with Crippen molar-refractivity contribution in [2.75, 3.05) is 11.9 Å². The van der Waals surface area contributed by atoms with Gasteiger partial charge in [-0.1, -0.05) is 6.07 Å². The minimum atomic E-state index is 0.180. The number of H-pyrrole nitrogens is 1.